The Hall–Kier alpha value is -1.10. The lowest BCUT2D eigenvalue weighted by Gasteiger charge is -2.27. The smallest absolute Gasteiger partial charge is 0.240 e. The van der Waals surface area contributed by atoms with Crippen LogP contribution in [0.1, 0.15) is 52.9 Å². The molecule has 19 heavy (non-hydrogen) atoms. The zero-order chi connectivity index (χ0) is 14.3. The van der Waals surface area contributed by atoms with Crippen LogP contribution in [0.25, 0.3) is 0 Å². The summed E-state index contributed by atoms with van der Waals surface area (Å²) in [6.45, 7) is 7.25. The van der Waals surface area contributed by atoms with Gasteiger partial charge in [0.2, 0.25) is 11.8 Å². The van der Waals surface area contributed by atoms with E-state index in [2.05, 4.69) is 22.9 Å². The van der Waals surface area contributed by atoms with Gasteiger partial charge in [0, 0.05) is 19.0 Å². The molecule has 0 bridgehead atoms. The molecule has 0 radical (unpaired) electrons. The van der Waals surface area contributed by atoms with E-state index in [0.29, 0.717) is 13.0 Å². The maximum atomic E-state index is 12.3. The molecule has 2 amide bonds. The highest BCUT2D eigenvalue weighted by Crippen LogP contribution is 2.24. The molecule has 0 aromatic carbocycles. The van der Waals surface area contributed by atoms with Crippen LogP contribution in [0.4, 0.5) is 0 Å². The molecule has 1 heterocycles. The summed E-state index contributed by atoms with van der Waals surface area (Å²) in [6, 6.07) is 0.145. The van der Waals surface area contributed by atoms with Crippen LogP contribution in [0.3, 0.4) is 0 Å². The average Bonchev–Trinajstić information content (AvgIpc) is 2.78. The molecule has 0 aliphatic carbocycles. The Labute approximate surface area is 115 Å². The van der Waals surface area contributed by atoms with E-state index >= 15 is 0 Å². The molecule has 1 saturated heterocycles. The van der Waals surface area contributed by atoms with Crippen LogP contribution < -0.4 is 16.0 Å². The molecule has 1 atom stereocenters. The summed E-state index contributed by atoms with van der Waals surface area (Å²) in [7, 11) is 0. The van der Waals surface area contributed by atoms with Gasteiger partial charge in [-0.15, -0.1) is 0 Å². The Morgan fingerprint density at radius 3 is 2.63 bits per heavy atom. The highest BCUT2D eigenvalue weighted by Gasteiger charge is 2.39. The molecule has 0 aromatic rings. The molecule has 0 spiro atoms. The fourth-order valence-electron chi connectivity index (χ4n) is 2.61. The Morgan fingerprint density at radius 1 is 1.37 bits per heavy atom. The molecule has 1 rings (SSSR count). The summed E-state index contributed by atoms with van der Waals surface area (Å²) < 4.78 is 0. The van der Waals surface area contributed by atoms with Gasteiger partial charge in [0.1, 0.15) is 0 Å². The third-order valence-corrected chi connectivity index (χ3v) is 3.44. The van der Waals surface area contributed by atoms with Gasteiger partial charge in [0.25, 0.3) is 0 Å². The van der Waals surface area contributed by atoms with Crippen LogP contribution in [-0.2, 0) is 9.59 Å². The summed E-state index contributed by atoms with van der Waals surface area (Å²) in [5.41, 5.74) is -0.400. The third-order valence-electron chi connectivity index (χ3n) is 3.44. The molecule has 5 nitrogen and oxygen atoms in total. The lowest BCUT2D eigenvalue weighted by molar-refractivity contribution is -0.127. The van der Waals surface area contributed by atoms with Crippen molar-refractivity contribution >= 4 is 11.8 Å². The highest BCUT2D eigenvalue weighted by molar-refractivity contribution is 5.87. The molecule has 110 valence electrons. The maximum Gasteiger partial charge on any atom is 0.240 e. The third kappa shape index (κ3) is 4.82. The number of hydrogen-bond acceptors (Lipinski definition) is 3. The molecule has 3 N–H and O–H groups in total. The number of hydrogen-bond donors (Lipinski definition) is 3. The summed E-state index contributed by atoms with van der Waals surface area (Å²) in [5.74, 6) is 0.0309. The summed E-state index contributed by atoms with van der Waals surface area (Å²) in [4.78, 5) is 23.7. The van der Waals surface area contributed by atoms with E-state index in [0.717, 1.165) is 32.2 Å². The van der Waals surface area contributed by atoms with Crippen molar-refractivity contribution in [3.8, 4) is 0 Å². The number of rotatable bonds is 7. The topological polar surface area (TPSA) is 70.2 Å². The fourth-order valence-corrected chi connectivity index (χ4v) is 2.61. The second-order valence-corrected chi connectivity index (χ2v) is 5.59. The minimum Gasteiger partial charge on any atom is -0.354 e. The number of carbonyl (C=O) groups is 2. The number of amides is 2. The van der Waals surface area contributed by atoms with Crippen LogP contribution in [0.5, 0.6) is 0 Å². The maximum absolute atomic E-state index is 12.3. The van der Waals surface area contributed by atoms with Crippen molar-refractivity contribution in [3.05, 3.63) is 0 Å². The Kier molecular flexibility index (Phi) is 6.28. The quantitative estimate of drug-likeness (QED) is 0.644. The number of nitrogens with one attached hydrogen (secondary N) is 3. The van der Waals surface area contributed by atoms with Crippen LogP contribution in [0.2, 0.25) is 0 Å². The van der Waals surface area contributed by atoms with E-state index < -0.39 is 5.54 Å². The molecule has 5 heteroatoms. The van der Waals surface area contributed by atoms with Crippen LogP contribution in [0.15, 0.2) is 0 Å². The summed E-state index contributed by atoms with van der Waals surface area (Å²) in [6.07, 6.45) is 4.11. The van der Waals surface area contributed by atoms with E-state index in [-0.39, 0.29) is 17.9 Å². The van der Waals surface area contributed by atoms with Crippen LogP contribution in [0, 0.1) is 0 Å². The Morgan fingerprint density at radius 2 is 2.11 bits per heavy atom. The van der Waals surface area contributed by atoms with E-state index in [1.54, 1.807) is 0 Å². The monoisotopic (exact) mass is 269 g/mol. The van der Waals surface area contributed by atoms with Gasteiger partial charge in [-0.25, -0.2) is 0 Å². The van der Waals surface area contributed by atoms with E-state index in [9.17, 15) is 9.59 Å². The van der Waals surface area contributed by atoms with Crippen molar-refractivity contribution in [3.63, 3.8) is 0 Å². The normalized spacial score (nSPS) is 22.5. The molecular weight excluding hydrogens is 242 g/mol. The SMILES string of the molecule is CCCC1(C(=O)NCCC(=O)NC(C)C)CCCN1. The second-order valence-electron chi connectivity index (χ2n) is 5.59. The van der Waals surface area contributed by atoms with Crippen molar-refractivity contribution in [2.24, 2.45) is 0 Å². The van der Waals surface area contributed by atoms with E-state index in [1.165, 1.54) is 0 Å². The van der Waals surface area contributed by atoms with Gasteiger partial charge in [-0.3, -0.25) is 9.59 Å². The molecule has 1 aliphatic rings. The molecule has 1 unspecified atom stereocenters. The van der Waals surface area contributed by atoms with Gasteiger partial charge in [0.15, 0.2) is 0 Å². The van der Waals surface area contributed by atoms with Gasteiger partial charge in [-0.1, -0.05) is 13.3 Å². The number of carbonyl (C=O) groups excluding carboxylic acids is 2. The molecule has 1 fully saturated rings. The predicted octanol–water partition coefficient (Wildman–Crippen LogP) is 0.940. The predicted molar refractivity (Wildman–Crippen MR) is 75.8 cm³/mol. The fraction of sp³-hybridized carbons (Fsp3) is 0.857. The van der Waals surface area contributed by atoms with Gasteiger partial charge < -0.3 is 16.0 Å². The van der Waals surface area contributed by atoms with Crippen molar-refractivity contribution < 1.29 is 9.59 Å². The van der Waals surface area contributed by atoms with Gasteiger partial charge >= 0.3 is 0 Å². The minimum atomic E-state index is -0.400. The zero-order valence-corrected chi connectivity index (χ0v) is 12.3. The zero-order valence-electron chi connectivity index (χ0n) is 12.3. The van der Waals surface area contributed by atoms with Crippen molar-refractivity contribution in [1.82, 2.24) is 16.0 Å². The van der Waals surface area contributed by atoms with E-state index in [4.69, 9.17) is 0 Å². The average molecular weight is 269 g/mol. The van der Waals surface area contributed by atoms with Gasteiger partial charge in [0.05, 0.1) is 5.54 Å². The van der Waals surface area contributed by atoms with Crippen LogP contribution >= 0.6 is 0 Å². The van der Waals surface area contributed by atoms with Gasteiger partial charge in [-0.2, -0.15) is 0 Å². The van der Waals surface area contributed by atoms with Crippen molar-refractivity contribution in [2.75, 3.05) is 13.1 Å². The largest absolute Gasteiger partial charge is 0.354 e. The van der Waals surface area contributed by atoms with Crippen molar-refractivity contribution in [1.29, 1.82) is 0 Å². The molecular formula is C14H27N3O2. The Balaban J connectivity index is 2.35. The molecule has 0 aromatic heterocycles. The first kappa shape index (κ1) is 16.0. The minimum absolute atomic E-state index is 0.0146. The van der Waals surface area contributed by atoms with Gasteiger partial charge in [-0.05, 0) is 39.7 Å². The highest BCUT2D eigenvalue weighted by atomic mass is 16.2. The standard InChI is InChI=1S/C14H27N3O2/c1-4-7-14(8-5-9-16-14)13(19)15-10-6-12(18)17-11(2)3/h11,16H,4-10H2,1-3H3,(H,15,19)(H,17,18). The molecule has 0 saturated carbocycles. The summed E-state index contributed by atoms with van der Waals surface area (Å²) >= 11 is 0. The summed E-state index contributed by atoms with van der Waals surface area (Å²) in [5, 5.41) is 9.04. The first-order valence-electron chi connectivity index (χ1n) is 7.33. The lowest BCUT2D eigenvalue weighted by atomic mass is 9.91. The lowest BCUT2D eigenvalue weighted by Crippen LogP contribution is -2.53. The first-order valence-corrected chi connectivity index (χ1v) is 7.33. The Bertz CT molecular complexity index is 310. The second kappa shape index (κ2) is 7.48. The van der Waals surface area contributed by atoms with Crippen molar-refractivity contribution in [2.45, 2.75) is 64.5 Å². The van der Waals surface area contributed by atoms with E-state index in [1.807, 2.05) is 13.8 Å². The molecule has 1 aliphatic heterocycles. The first-order chi connectivity index (χ1) is 9.00. The van der Waals surface area contributed by atoms with Crippen LogP contribution in [-0.4, -0.2) is 36.5 Å².